The lowest BCUT2D eigenvalue weighted by atomic mass is 10.3. The van der Waals surface area contributed by atoms with Crippen molar-refractivity contribution < 1.29 is 0 Å². The van der Waals surface area contributed by atoms with Gasteiger partial charge in [0.15, 0.2) is 5.96 Å². The van der Waals surface area contributed by atoms with Crippen molar-refractivity contribution in [3.63, 3.8) is 0 Å². The SMILES string of the molecule is CC(C)N(CCC#N)C(N)=NC1CC1. The van der Waals surface area contributed by atoms with E-state index in [1.54, 1.807) is 0 Å². The van der Waals surface area contributed by atoms with Gasteiger partial charge in [0, 0.05) is 12.6 Å². The first-order chi connectivity index (χ1) is 6.65. The van der Waals surface area contributed by atoms with Gasteiger partial charge >= 0.3 is 0 Å². The van der Waals surface area contributed by atoms with Crippen molar-refractivity contribution >= 4 is 5.96 Å². The van der Waals surface area contributed by atoms with Crippen molar-refractivity contribution in [3.8, 4) is 6.07 Å². The second-order valence-corrected chi connectivity index (χ2v) is 3.91. The summed E-state index contributed by atoms with van der Waals surface area (Å²) in [7, 11) is 0. The number of nitriles is 1. The van der Waals surface area contributed by atoms with Crippen molar-refractivity contribution in [2.75, 3.05) is 6.54 Å². The Bertz CT molecular complexity index is 247. The quantitative estimate of drug-likeness (QED) is 0.538. The molecule has 4 heteroatoms. The Kier molecular flexibility index (Phi) is 3.75. The molecule has 0 aromatic heterocycles. The smallest absolute Gasteiger partial charge is 0.191 e. The Morgan fingerprint density at radius 3 is 2.71 bits per heavy atom. The van der Waals surface area contributed by atoms with E-state index >= 15 is 0 Å². The van der Waals surface area contributed by atoms with E-state index in [2.05, 4.69) is 24.9 Å². The molecule has 0 amide bonds. The van der Waals surface area contributed by atoms with Gasteiger partial charge < -0.3 is 10.6 Å². The Hall–Kier alpha value is -1.24. The normalized spacial score (nSPS) is 16.9. The van der Waals surface area contributed by atoms with E-state index in [0.29, 0.717) is 31.0 Å². The third kappa shape index (κ3) is 3.25. The maximum absolute atomic E-state index is 8.52. The van der Waals surface area contributed by atoms with Crippen LogP contribution in [0.4, 0.5) is 0 Å². The molecule has 2 N–H and O–H groups in total. The molecule has 0 unspecified atom stereocenters. The second-order valence-electron chi connectivity index (χ2n) is 3.91. The van der Waals surface area contributed by atoms with Gasteiger partial charge in [0.1, 0.15) is 0 Å². The molecule has 0 atom stereocenters. The molecule has 1 saturated carbocycles. The summed E-state index contributed by atoms with van der Waals surface area (Å²) in [6.07, 6.45) is 2.81. The third-order valence-electron chi connectivity index (χ3n) is 2.24. The van der Waals surface area contributed by atoms with Gasteiger partial charge in [-0.25, -0.2) is 4.99 Å². The van der Waals surface area contributed by atoms with Gasteiger partial charge in [0.2, 0.25) is 0 Å². The zero-order valence-corrected chi connectivity index (χ0v) is 8.90. The Morgan fingerprint density at radius 1 is 1.64 bits per heavy atom. The van der Waals surface area contributed by atoms with E-state index in [-0.39, 0.29) is 0 Å². The minimum absolute atomic E-state index is 0.311. The molecular weight excluding hydrogens is 176 g/mol. The highest BCUT2D eigenvalue weighted by molar-refractivity contribution is 5.78. The van der Waals surface area contributed by atoms with Gasteiger partial charge in [0.25, 0.3) is 0 Å². The Balaban J connectivity index is 2.52. The molecule has 1 rings (SSSR count). The summed E-state index contributed by atoms with van der Waals surface area (Å²) in [6, 6.07) is 2.88. The average Bonchev–Trinajstić information content (AvgIpc) is 2.88. The fourth-order valence-electron chi connectivity index (χ4n) is 1.27. The van der Waals surface area contributed by atoms with Gasteiger partial charge in [-0.1, -0.05) is 0 Å². The van der Waals surface area contributed by atoms with Crippen LogP contribution in [-0.4, -0.2) is 29.5 Å². The molecule has 78 valence electrons. The molecule has 1 aliphatic rings. The number of hydrogen-bond donors (Lipinski definition) is 1. The third-order valence-corrected chi connectivity index (χ3v) is 2.24. The number of nitrogens with two attached hydrogens (primary N) is 1. The van der Waals surface area contributed by atoms with E-state index < -0.39 is 0 Å². The molecule has 14 heavy (non-hydrogen) atoms. The lowest BCUT2D eigenvalue weighted by Gasteiger charge is -2.26. The monoisotopic (exact) mass is 194 g/mol. The summed E-state index contributed by atoms with van der Waals surface area (Å²) in [6.45, 7) is 4.80. The first kappa shape index (κ1) is 10.8. The molecular formula is C10H18N4. The van der Waals surface area contributed by atoms with Crippen LogP contribution in [0, 0.1) is 11.3 Å². The molecule has 0 bridgehead atoms. The number of guanidine groups is 1. The summed E-state index contributed by atoms with van der Waals surface area (Å²) >= 11 is 0. The molecule has 0 aromatic rings. The molecule has 0 saturated heterocycles. The van der Waals surface area contributed by atoms with Crippen molar-refractivity contribution in [3.05, 3.63) is 0 Å². The van der Waals surface area contributed by atoms with Crippen LogP contribution in [0.5, 0.6) is 0 Å². The van der Waals surface area contributed by atoms with Crippen molar-refractivity contribution in [2.45, 2.75) is 45.2 Å². The van der Waals surface area contributed by atoms with Gasteiger partial charge in [-0.3, -0.25) is 0 Å². The number of nitrogens with zero attached hydrogens (tertiary/aromatic N) is 3. The molecule has 0 heterocycles. The highest BCUT2D eigenvalue weighted by atomic mass is 15.3. The summed E-state index contributed by atoms with van der Waals surface area (Å²) < 4.78 is 0. The maximum Gasteiger partial charge on any atom is 0.191 e. The van der Waals surface area contributed by atoms with Crippen LogP contribution in [0.25, 0.3) is 0 Å². The molecule has 0 aromatic carbocycles. The minimum Gasteiger partial charge on any atom is -0.370 e. The predicted octanol–water partition coefficient (Wildman–Crippen LogP) is 1.09. The van der Waals surface area contributed by atoms with Crippen LogP contribution in [0.3, 0.4) is 0 Å². The second kappa shape index (κ2) is 4.85. The zero-order valence-electron chi connectivity index (χ0n) is 8.90. The van der Waals surface area contributed by atoms with Crippen molar-refractivity contribution in [2.24, 2.45) is 10.7 Å². The summed E-state index contributed by atoms with van der Waals surface area (Å²) in [5, 5.41) is 8.52. The lowest BCUT2D eigenvalue weighted by Crippen LogP contribution is -2.42. The van der Waals surface area contributed by atoms with Crippen LogP contribution >= 0.6 is 0 Å². The molecule has 1 aliphatic carbocycles. The van der Waals surface area contributed by atoms with E-state index in [1.807, 2.05) is 4.90 Å². The van der Waals surface area contributed by atoms with Crippen molar-refractivity contribution in [1.29, 1.82) is 5.26 Å². The van der Waals surface area contributed by atoms with Crippen LogP contribution in [0.15, 0.2) is 4.99 Å². The Morgan fingerprint density at radius 2 is 2.29 bits per heavy atom. The number of hydrogen-bond acceptors (Lipinski definition) is 2. The van der Waals surface area contributed by atoms with E-state index in [9.17, 15) is 0 Å². The summed E-state index contributed by atoms with van der Waals surface area (Å²) in [5.74, 6) is 0.595. The fourth-order valence-corrected chi connectivity index (χ4v) is 1.27. The highest BCUT2D eigenvalue weighted by Gasteiger charge is 2.22. The van der Waals surface area contributed by atoms with Gasteiger partial charge in [-0.15, -0.1) is 0 Å². The molecule has 0 radical (unpaired) electrons. The summed E-state index contributed by atoms with van der Waals surface area (Å²) in [5.41, 5.74) is 5.87. The average molecular weight is 194 g/mol. The van der Waals surface area contributed by atoms with E-state index in [1.165, 1.54) is 0 Å². The standard InChI is InChI=1S/C10H18N4/c1-8(2)14(7-3-6-11)10(12)13-9-4-5-9/h8-9H,3-5,7H2,1-2H3,(H2,12,13). The van der Waals surface area contributed by atoms with Crippen LogP contribution in [0.1, 0.15) is 33.1 Å². The van der Waals surface area contributed by atoms with Crippen LogP contribution in [-0.2, 0) is 0 Å². The van der Waals surface area contributed by atoms with Gasteiger partial charge in [0.05, 0.1) is 18.5 Å². The van der Waals surface area contributed by atoms with Crippen LogP contribution in [0.2, 0.25) is 0 Å². The number of rotatable bonds is 4. The predicted molar refractivity (Wildman–Crippen MR) is 56.7 cm³/mol. The maximum atomic E-state index is 8.52. The van der Waals surface area contributed by atoms with Gasteiger partial charge in [-0.05, 0) is 26.7 Å². The zero-order chi connectivity index (χ0) is 10.6. The van der Waals surface area contributed by atoms with Gasteiger partial charge in [-0.2, -0.15) is 5.26 Å². The fraction of sp³-hybridized carbons (Fsp3) is 0.800. The van der Waals surface area contributed by atoms with E-state index in [0.717, 1.165) is 12.8 Å². The first-order valence-corrected chi connectivity index (χ1v) is 5.12. The first-order valence-electron chi connectivity index (χ1n) is 5.12. The largest absolute Gasteiger partial charge is 0.370 e. The lowest BCUT2D eigenvalue weighted by molar-refractivity contribution is 0.351. The topological polar surface area (TPSA) is 65.4 Å². The minimum atomic E-state index is 0.311. The molecule has 0 spiro atoms. The molecule has 0 aliphatic heterocycles. The van der Waals surface area contributed by atoms with Crippen LogP contribution < -0.4 is 5.73 Å². The van der Waals surface area contributed by atoms with Crippen molar-refractivity contribution in [1.82, 2.24) is 4.90 Å². The molecule has 4 nitrogen and oxygen atoms in total. The molecule has 1 fully saturated rings. The Labute approximate surface area is 85.4 Å². The summed E-state index contributed by atoms with van der Waals surface area (Å²) in [4.78, 5) is 6.36. The number of aliphatic imine (C=N–C) groups is 1. The highest BCUT2D eigenvalue weighted by Crippen LogP contribution is 2.23. The van der Waals surface area contributed by atoms with E-state index in [4.69, 9.17) is 11.0 Å².